The number of benzene rings is 1. The van der Waals surface area contributed by atoms with Gasteiger partial charge >= 0.3 is 0 Å². The molecule has 1 amide bonds. The standard InChI is InChI=1S/C18H15ClN2OS/c1-12-10-15(18(22)21(2)16-8-3-4-9-20-16)23-17(12)13-6-5-7-14(19)11-13/h3-11H,1-2H3. The summed E-state index contributed by atoms with van der Waals surface area (Å²) in [4.78, 5) is 20.2. The Hall–Kier alpha value is -2.17. The van der Waals surface area contributed by atoms with E-state index in [1.807, 2.05) is 55.5 Å². The van der Waals surface area contributed by atoms with E-state index in [0.29, 0.717) is 15.7 Å². The third kappa shape index (κ3) is 3.28. The molecule has 1 aromatic carbocycles. The first-order valence-electron chi connectivity index (χ1n) is 7.11. The minimum absolute atomic E-state index is 0.0647. The number of carbonyl (C=O) groups excluding carboxylic acids is 1. The van der Waals surface area contributed by atoms with Gasteiger partial charge in [0.15, 0.2) is 0 Å². The lowest BCUT2D eigenvalue weighted by atomic mass is 10.1. The zero-order valence-corrected chi connectivity index (χ0v) is 14.4. The van der Waals surface area contributed by atoms with Crippen molar-refractivity contribution < 1.29 is 4.79 Å². The molecule has 0 saturated carbocycles. The Morgan fingerprint density at radius 2 is 2.00 bits per heavy atom. The van der Waals surface area contributed by atoms with Crippen molar-refractivity contribution in [1.29, 1.82) is 0 Å². The van der Waals surface area contributed by atoms with Gasteiger partial charge in [0.2, 0.25) is 0 Å². The van der Waals surface area contributed by atoms with E-state index in [9.17, 15) is 4.79 Å². The van der Waals surface area contributed by atoms with E-state index < -0.39 is 0 Å². The number of hydrogen-bond acceptors (Lipinski definition) is 3. The molecule has 23 heavy (non-hydrogen) atoms. The molecular formula is C18H15ClN2OS. The number of hydrogen-bond donors (Lipinski definition) is 0. The molecule has 0 atom stereocenters. The highest BCUT2D eigenvalue weighted by atomic mass is 35.5. The van der Waals surface area contributed by atoms with Crippen molar-refractivity contribution in [2.75, 3.05) is 11.9 Å². The number of halogens is 1. The Morgan fingerprint density at radius 1 is 1.17 bits per heavy atom. The summed E-state index contributed by atoms with van der Waals surface area (Å²) in [5.74, 6) is 0.568. The molecule has 2 aromatic heterocycles. The first-order valence-corrected chi connectivity index (χ1v) is 8.31. The second-order valence-electron chi connectivity index (χ2n) is 5.19. The molecule has 0 spiro atoms. The van der Waals surface area contributed by atoms with Crippen LogP contribution in [0.3, 0.4) is 0 Å². The van der Waals surface area contributed by atoms with Gasteiger partial charge in [0.25, 0.3) is 5.91 Å². The highest BCUT2D eigenvalue weighted by Gasteiger charge is 2.19. The molecule has 0 unspecified atom stereocenters. The minimum atomic E-state index is -0.0647. The van der Waals surface area contributed by atoms with Gasteiger partial charge < -0.3 is 0 Å². The lowest BCUT2D eigenvalue weighted by Gasteiger charge is -2.14. The molecule has 3 rings (SSSR count). The van der Waals surface area contributed by atoms with Crippen molar-refractivity contribution in [1.82, 2.24) is 4.98 Å². The molecule has 0 bridgehead atoms. The second-order valence-corrected chi connectivity index (χ2v) is 6.67. The fourth-order valence-corrected chi connectivity index (χ4v) is 3.66. The van der Waals surface area contributed by atoms with Gasteiger partial charge in [-0.3, -0.25) is 9.69 Å². The molecule has 3 nitrogen and oxygen atoms in total. The molecule has 0 aliphatic carbocycles. The number of aryl methyl sites for hydroxylation is 1. The Balaban J connectivity index is 1.93. The molecule has 3 aromatic rings. The van der Waals surface area contributed by atoms with E-state index in [-0.39, 0.29) is 5.91 Å². The van der Waals surface area contributed by atoms with Crippen LogP contribution in [0.2, 0.25) is 5.02 Å². The zero-order chi connectivity index (χ0) is 16.4. The second kappa shape index (κ2) is 6.52. The van der Waals surface area contributed by atoms with Crippen molar-refractivity contribution in [2.24, 2.45) is 0 Å². The van der Waals surface area contributed by atoms with E-state index >= 15 is 0 Å². The van der Waals surface area contributed by atoms with Crippen molar-refractivity contribution in [2.45, 2.75) is 6.92 Å². The molecule has 0 saturated heterocycles. The molecular weight excluding hydrogens is 328 g/mol. The molecule has 0 aliphatic heterocycles. The van der Waals surface area contributed by atoms with E-state index in [1.54, 1.807) is 18.1 Å². The lowest BCUT2D eigenvalue weighted by molar-refractivity contribution is 0.0996. The van der Waals surface area contributed by atoms with Crippen molar-refractivity contribution in [3.8, 4) is 10.4 Å². The monoisotopic (exact) mass is 342 g/mol. The van der Waals surface area contributed by atoms with E-state index in [1.165, 1.54) is 11.3 Å². The number of thiophene rings is 1. The first-order chi connectivity index (χ1) is 11.1. The number of amides is 1. The third-order valence-corrected chi connectivity index (χ3v) is 5.02. The van der Waals surface area contributed by atoms with E-state index in [4.69, 9.17) is 11.6 Å². The predicted octanol–water partition coefficient (Wildman–Crippen LogP) is 5.05. The number of pyridine rings is 1. The molecule has 2 heterocycles. The first kappa shape index (κ1) is 15.7. The van der Waals surface area contributed by atoms with Crippen molar-refractivity contribution in [3.05, 3.63) is 70.2 Å². The fourth-order valence-electron chi connectivity index (χ4n) is 2.33. The number of nitrogens with zero attached hydrogens (tertiary/aromatic N) is 2. The topological polar surface area (TPSA) is 33.2 Å². The highest BCUT2D eigenvalue weighted by molar-refractivity contribution is 7.17. The third-order valence-electron chi connectivity index (χ3n) is 3.51. The van der Waals surface area contributed by atoms with Gasteiger partial charge in [0, 0.05) is 23.1 Å². The van der Waals surface area contributed by atoms with Gasteiger partial charge in [0.05, 0.1) is 4.88 Å². The summed E-state index contributed by atoms with van der Waals surface area (Å²) >= 11 is 7.54. The molecule has 5 heteroatoms. The van der Waals surface area contributed by atoms with Crippen LogP contribution in [0.25, 0.3) is 10.4 Å². The summed E-state index contributed by atoms with van der Waals surface area (Å²) in [6.07, 6.45) is 1.68. The largest absolute Gasteiger partial charge is 0.295 e. The predicted molar refractivity (Wildman–Crippen MR) is 96.5 cm³/mol. The number of rotatable bonds is 3. The maximum absolute atomic E-state index is 12.7. The zero-order valence-electron chi connectivity index (χ0n) is 12.8. The lowest BCUT2D eigenvalue weighted by Crippen LogP contribution is -2.26. The van der Waals surface area contributed by atoms with E-state index in [2.05, 4.69) is 4.98 Å². The molecule has 0 N–H and O–H groups in total. The number of carbonyl (C=O) groups is 1. The van der Waals surface area contributed by atoms with Crippen molar-refractivity contribution >= 4 is 34.7 Å². The van der Waals surface area contributed by atoms with Gasteiger partial charge in [-0.25, -0.2) is 4.98 Å². The average molecular weight is 343 g/mol. The van der Waals surface area contributed by atoms with Crippen LogP contribution in [0, 0.1) is 6.92 Å². The van der Waals surface area contributed by atoms with Gasteiger partial charge in [-0.05, 0) is 48.4 Å². The van der Waals surface area contributed by atoms with Crippen LogP contribution in [-0.2, 0) is 0 Å². The quantitative estimate of drug-likeness (QED) is 0.667. The summed E-state index contributed by atoms with van der Waals surface area (Å²) in [7, 11) is 1.73. The van der Waals surface area contributed by atoms with Crippen LogP contribution in [0.5, 0.6) is 0 Å². The summed E-state index contributed by atoms with van der Waals surface area (Å²) in [6, 6.07) is 15.1. The number of anilines is 1. The Labute approximate surface area is 144 Å². The molecule has 116 valence electrons. The molecule has 0 aliphatic rings. The molecule has 0 fully saturated rings. The SMILES string of the molecule is Cc1cc(C(=O)N(C)c2ccccn2)sc1-c1cccc(Cl)c1. The molecule has 0 radical (unpaired) electrons. The van der Waals surface area contributed by atoms with Gasteiger partial charge in [0.1, 0.15) is 5.82 Å². The smallest absolute Gasteiger partial charge is 0.269 e. The summed E-state index contributed by atoms with van der Waals surface area (Å²) < 4.78 is 0. The maximum atomic E-state index is 12.7. The normalized spacial score (nSPS) is 10.6. The number of aromatic nitrogens is 1. The highest BCUT2D eigenvalue weighted by Crippen LogP contribution is 2.34. The summed E-state index contributed by atoms with van der Waals surface area (Å²) in [5.41, 5.74) is 2.09. The van der Waals surface area contributed by atoms with E-state index in [0.717, 1.165) is 16.0 Å². The van der Waals surface area contributed by atoms with Crippen LogP contribution in [-0.4, -0.2) is 17.9 Å². The fraction of sp³-hybridized carbons (Fsp3) is 0.111. The average Bonchev–Trinajstić information content (AvgIpc) is 2.96. The summed E-state index contributed by atoms with van der Waals surface area (Å²) in [5, 5.41) is 0.689. The van der Waals surface area contributed by atoms with Crippen LogP contribution in [0.4, 0.5) is 5.82 Å². The van der Waals surface area contributed by atoms with Crippen molar-refractivity contribution in [3.63, 3.8) is 0 Å². The van der Waals surface area contributed by atoms with Crippen LogP contribution < -0.4 is 4.90 Å². The van der Waals surface area contributed by atoms with Crippen LogP contribution in [0.15, 0.2) is 54.7 Å². The maximum Gasteiger partial charge on any atom is 0.269 e. The van der Waals surface area contributed by atoms with Crippen LogP contribution in [0.1, 0.15) is 15.2 Å². The van der Waals surface area contributed by atoms with Crippen LogP contribution >= 0.6 is 22.9 Å². The Kier molecular flexibility index (Phi) is 4.46. The minimum Gasteiger partial charge on any atom is -0.295 e. The van der Waals surface area contributed by atoms with Gasteiger partial charge in [-0.15, -0.1) is 11.3 Å². The Bertz CT molecular complexity index is 845. The van der Waals surface area contributed by atoms with Gasteiger partial charge in [-0.2, -0.15) is 0 Å². The summed E-state index contributed by atoms with van der Waals surface area (Å²) in [6.45, 7) is 2.00. The Morgan fingerprint density at radius 3 is 2.70 bits per heavy atom. The van der Waals surface area contributed by atoms with Gasteiger partial charge in [-0.1, -0.05) is 29.8 Å².